The van der Waals surface area contributed by atoms with E-state index < -0.39 is 0 Å². The monoisotopic (exact) mass is 531 g/mol. The molecule has 1 saturated heterocycles. The number of rotatable bonds is 7. The molecule has 0 spiro atoms. The zero-order chi connectivity index (χ0) is 28.1. The predicted molar refractivity (Wildman–Crippen MR) is 162 cm³/mol. The number of amides is 2. The van der Waals surface area contributed by atoms with Gasteiger partial charge in [-0.1, -0.05) is 74.5 Å². The van der Waals surface area contributed by atoms with Crippen LogP contribution in [0, 0.1) is 12.8 Å². The lowest BCUT2D eigenvalue weighted by atomic mass is 9.88. The molecule has 1 aliphatic heterocycles. The molecular weight excluding hydrogens is 494 g/mol. The first-order valence-electron chi connectivity index (χ1n) is 14.2. The van der Waals surface area contributed by atoms with Crippen LogP contribution < -0.4 is 5.32 Å². The van der Waals surface area contributed by atoms with Gasteiger partial charge in [0, 0.05) is 36.2 Å². The van der Waals surface area contributed by atoms with E-state index in [9.17, 15) is 9.59 Å². The Hall–Kier alpha value is -4.25. The summed E-state index contributed by atoms with van der Waals surface area (Å²) >= 11 is 0. The Morgan fingerprint density at radius 1 is 0.875 bits per heavy atom. The summed E-state index contributed by atoms with van der Waals surface area (Å²) in [5.41, 5.74) is 7.40. The van der Waals surface area contributed by atoms with Gasteiger partial charge in [0.05, 0.1) is 5.56 Å². The minimum Gasteiger partial charge on any atom is -0.339 e. The third-order valence-electron chi connectivity index (χ3n) is 7.71. The number of hydrogen-bond donors (Lipinski definition) is 1. The smallest absolute Gasteiger partial charge is 0.257 e. The minimum absolute atomic E-state index is 0.00748. The van der Waals surface area contributed by atoms with Gasteiger partial charge in [0.25, 0.3) is 11.8 Å². The van der Waals surface area contributed by atoms with E-state index >= 15 is 0 Å². The van der Waals surface area contributed by atoms with Crippen LogP contribution in [0.5, 0.6) is 0 Å². The number of carbonyl (C=O) groups excluding carboxylic acids is 2. The largest absolute Gasteiger partial charge is 0.339 e. The molecule has 2 amide bonds. The third kappa shape index (κ3) is 6.48. The molecule has 204 valence electrons. The average Bonchev–Trinajstić information content (AvgIpc) is 2.98. The standard InChI is InChI=1S/C35H37N3O2/c1-24(2)21-32-16-15-31(23-36-32)34(39)37-33-22-30(10-9-25(33)3)35(40)38-19-17-29(18-20-38)28-13-11-27(12-14-28)26-7-5-4-6-8-26/h4-16,22-24,29H,17-21H2,1-3H3,(H,37,39). The Balaban J connectivity index is 1.20. The van der Waals surface area contributed by atoms with Gasteiger partial charge in [-0.25, -0.2) is 0 Å². The zero-order valence-electron chi connectivity index (χ0n) is 23.6. The van der Waals surface area contributed by atoms with Crippen LogP contribution in [0.3, 0.4) is 0 Å². The van der Waals surface area contributed by atoms with Crippen molar-refractivity contribution in [2.75, 3.05) is 18.4 Å². The first-order chi connectivity index (χ1) is 19.4. The van der Waals surface area contributed by atoms with Crippen molar-refractivity contribution in [3.05, 3.63) is 119 Å². The van der Waals surface area contributed by atoms with Gasteiger partial charge in [-0.15, -0.1) is 0 Å². The van der Waals surface area contributed by atoms with Gasteiger partial charge in [-0.05, 0) is 84.5 Å². The van der Waals surface area contributed by atoms with Gasteiger partial charge >= 0.3 is 0 Å². The van der Waals surface area contributed by atoms with E-state index in [1.54, 1.807) is 12.3 Å². The van der Waals surface area contributed by atoms with E-state index in [2.05, 4.69) is 72.7 Å². The summed E-state index contributed by atoms with van der Waals surface area (Å²) in [5, 5.41) is 2.98. The maximum absolute atomic E-state index is 13.4. The van der Waals surface area contributed by atoms with E-state index in [0.29, 0.717) is 41.7 Å². The molecule has 5 nitrogen and oxygen atoms in total. The van der Waals surface area contributed by atoms with Crippen LogP contribution >= 0.6 is 0 Å². The number of piperidine rings is 1. The quantitative estimate of drug-likeness (QED) is 0.268. The zero-order valence-corrected chi connectivity index (χ0v) is 23.6. The maximum atomic E-state index is 13.4. The molecule has 1 fully saturated rings. The van der Waals surface area contributed by atoms with Crippen LogP contribution in [0.15, 0.2) is 91.1 Å². The highest BCUT2D eigenvalue weighted by Crippen LogP contribution is 2.31. The van der Waals surface area contributed by atoms with Crippen molar-refractivity contribution < 1.29 is 9.59 Å². The van der Waals surface area contributed by atoms with Crippen LogP contribution in [0.25, 0.3) is 11.1 Å². The number of nitrogens with zero attached hydrogens (tertiary/aromatic N) is 2. The highest BCUT2D eigenvalue weighted by Gasteiger charge is 2.25. The van der Waals surface area contributed by atoms with E-state index in [0.717, 1.165) is 30.5 Å². The molecule has 0 aliphatic carbocycles. The summed E-state index contributed by atoms with van der Waals surface area (Å²) in [6, 6.07) is 28.5. The van der Waals surface area contributed by atoms with E-state index in [-0.39, 0.29) is 11.8 Å². The van der Waals surface area contributed by atoms with E-state index in [1.807, 2.05) is 42.2 Å². The molecule has 3 aromatic carbocycles. The van der Waals surface area contributed by atoms with Crippen molar-refractivity contribution in [3.63, 3.8) is 0 Å². The average molecular weight is 532 g/mol. The summed E-state index contributed by atoms with van der Waals surface area (Å²) in [5.74, 6) is 0.734. The highest BCUT2D eigenvalue weighted by molar-refractivity contribution is 6.05. The minimum atomic E-state index is -0.226. The summed E-state index contributed by atoms with van der Waals surface area (Å²) in [6.45, 7) is 7.66. The highest BCUT2D eigenvalue weighted by atomic mass is 16.2. The fourth-order valence-corrected chi connectivity index (χ4v) is 5.36. The Bertz CT molecular complexity index is 1450. The molecular formula is C35H37N3O2. The molecule has 1 aromatic heterocycles. The Morgan fingerprint density at radius 3 is 2.20 bits per heavy atom. The lowest BCUT2D eigenvalue weighted by molar-refractivity contribution is 0.0712. The van der Waals surface area contributed by atoms with E-state index in [4.69, 9.17) is 0 Å². The number of nitrogens with one attached hydrogen (secondary N) is 1. The molecule has 5 rings (SSSR count). The Labute approximate surface area is 237 Å². The molecule has 2 heterocycles. The van der Waals surface area contributed by atoms with Crippen molar-refractivity contribution in [1.82, 2.24) is 9.88 Å². The molecule has 1 N–H and O–H groups in total. The molecule has 5 heteroatoms. The van der Waals surface area contributed by atoms with Gasteiger partial charge < -0.3 is 10.2 Å². The molecule has 0 bridgehead atoms. The lowest BCUT2D eigenvalue weighted by Gasteiger charge is -2.32. The Kier molecular flexibility index (Phi) is 8.40. The second-order valence-corrected chi connectivity index (χ2v) is 11.2. The maximum Gasteiger partial charge on any atom is 0.257 e. The Morgan fingerprint density at radius 2 is 1.55 bits per heavy atom. The van der Waals surface area contributed by atoms with Crippen LogP contribution in [-0.2, 0) is 6.42 Å². The van der Waals surface area contributed by atoms with Crippen molar-refractivity contribution in [2.24, 2.45) is 5.92 Å². The topological polar surface area (TPSA) is 62.3 Å². The molecule has 0 unspecified atom stereocenters. The van der Waals surface area contributed by atoms with Crippen LogP contribution in [0.2, 0.25) is 0 Å². The summed E-state index contributed by atoms with van der Waals surface area (Å²) in [6.07, 6.45) is 4.37. The molecule has 0 radical (unpaired) electrons. The number of hydrogen-bond acceptors (Lipinski definition) is 3. The van der Waals surface area contributed by atoms with Crippen LogP contribution in [0.1, 0.15) is 70.1 Å². The SMILES string of the molecule is Cc1ccc(C(=O)N2CCC(c3ccc(-c4ccccc4)cc3)CC2)cc1NC(=O)c1ccc(CC(C)C)nc1. The van der Waals surface area contributed by atoms with Crippen molar-refractivity contribution in [1.29, 1.82) is 0 Å². The van der Waals surface area contributed by atoms with Gasteiger partial charge in [0.15, 0.2) is 0 Å². The van der Waals surface area contributed by atoms with Gasteiger partial charge in [0.2, 0.25) is 0 Å². The van der Waals surface area contributed by atoms with Crippen LogP contribution in [-0.4, -0.2) is 34.8 Å². The van der Waals surface area contributed by atoms with Gasteiger partial charge in [-0.2, -0.15) is 0 Å². The molecule has 0 saturated carbocycles. The summed E-state index contributed by atoms with van der Waals surface area (Å²) in [4.78, 5) is 32.7. The van der Waals surface area contributed by atoms with Gasteiger partial charge in [0.1, 0.15) is 0 Å². The number of aromatic nitrogens is 1. The summed E-state index contributed by atoms with van der Waals surface area (Å²) < 4.78 is 0. The molecule has 0 atom stereocenters. The number of anilines is 1. The van der Waals surface area contributed by atoms with Gasteiger partial charge in [-0.3, -0.25) is 14.6 Å². The second-order valence-electron chi connectivity index (χ2n) is 11.2. The third-order valence-corrected chi connectivity index (χ3v) is 7.71. The second kappa shape index (κ2) is 12.3. The number of aryl methyl sites for hydroxylation is 1. The lowest BCUT2D eigenvalue weighted by Crippen LogP contribution is -2.38. The first kappa shape index (κ1) is 27.3. The fourth-order valence-electron chi connectivity index (χ4n) is 5.36. The molecule has 4 aromatic rings. The van der Waals surface area contributed by atoms with Crippen molar-refractivity contribution >= 4 is 17.5 Å². The molecule has 40 heavy (non-hydrogen) atoms. The predicted octanol–water partition coefficient (Wildman–Crippen LogP) is 7.53. The number of carbonyl (C=O) groups is 2. The fraction of sp³-hybridized carbons (Fsp3) is 0.286. The summed E-state index contributed by atoms with van der Waals surface area (Å²) in [7, 11) is 0. The molecule has 1 aliphatic rings. The first-order valence-corrected chi connectivity index (χ1v) is 14.2. The number of likely N-dealkylation sites (tertiary alicyclic amines) is 1. The number of pyridine rings is 1. The number of benzene rings is 3. The van der Waals surface area contributed by atoms with E-state index in [1.165, 1.54) is 16.7 Å². The normalized spacial score (nSPS) is 13.8. The van der Waals surface area contributed by atoms with Crippen molar-refractivity contribution in [3.8, 4) is 11.1 Å². The van der Waals surface area contributed by atoms with Crippen LogP contribution in [0.4, 0.5) is 5.69 Å². The van der Waals surface area contributed by atoms with Crippen molar-refractivity contribution in [2.45, 2.75) is 46.0 Å².